The Morgan fingerprint density at radius 3 is 2.59 bits per heavy atom. The predicted octanol–water partition coefficient (Wildman–Crippen LogP) is 0.0536. The van der Waals surface area contributed by atoms with Gasteiger partial charge in [-0.2, -0.15) is 0 Å². The maximum Gasteiger partial charge on any atom is 0.252 e. The van der Waals surface area contributed by atoms with E-state index in [0.717, 1.165) is 16.8 Å². The number of hydrogen-bond acceptors (Lipinski definition) is 6. The summed E-state index contributed by atoms with van der Waals surface area (Å²) in [5, 5.41) is 2.54. The van der Waals surface area contributed by atoms with Gasteiger partial charge in [0.15, 0.2) is 0 Å². The summed E-state index contributed by atoms with van der Waals surface area (Å²) in [5.41, 5.74) is 13.3. The second-order valence-electron chi connectivity index (χ2n) is 6.45. The molecule has 3 rings (SSSR count). The first-order chi connectivity index (χ1) is 12.9. The van der Waals surface area contributed by atoms with Crippen LogP contribution in [0.4, 0.5) is 0 Å². The van der Waals surface area contributed by atoms with Gasteiger partial charge in [-0.1, -0.05) is 24.3 Å². The van der Waals surface area contributed by atoms with Gasteiger partial charge >= 0.3 is 0 Å². The van der Waals surface area contributed by atoms with E-state index in [1.54, 1.807) is 4.90 Å². The van der Waals surface area contributed by atoms with Crippen LogP contribution in [-0.2, 0) is 33.8 Å². The lowest BCUT2D eigenvalue weighted by molar-refractivity contribution is -0.131. The van der Waals surface area contributed by atoms with Gasteiger partial charge in [0.1, 0.15) is 5.01 Å². The van der Waals surface area contributed by atoms with Crippen LogP contribution >= 0.6 is 11.3 Å². The lowest BCUT2D eigenvalue weighted by atomic mass is 9.93. The number of primary amides is 1. The number of aryl methyl sites for hydroxylation is 1. The normalized spacial score (nSPS) is 16.4. The third-order valence-electron chi connectivity index (χ3n) is 4.34. The number of hydrogen-bond donors (Lipinski definition) is 3. The Morgan fingerprint density at radius 1 is 1.22 bits per heavy atom. The number of carbonyl (C=O) groups excluding carboxylic acids is 3. The van der Waals surface area contributed by atoms with E-state index in [1.165, 1.54) is 11.3 Å². The van der Waals surface area contributed by atoms with Crippen molar-refractivity contribution in [3.05, 3.63) is 51.5 Å². The SMILES string of the molecule is Cc1csc(CC(=O)NNC(=O)CN2Cc3ccccc3C[C@H]2C(N)=O)n1. The lowest BCUT2D eigenvalue weighted by Gasteiger charge is -2.34. The minimum atomic E-state index is -0.556. The number of fused-ring (bicyclic) bond motifs is 1. The summed E-state index contributed by atoms with van der Waals surface area (Å²) < 4.78 is 0. The molecule has 9 heteroatoms. The topological polar surface area (TPSA) is 117 Å². The van der Waals surface area contributed by atoms with Crippen molar-refractivity contribution >= 4 is 29.1 Å². The lowest BCUT2D eigenvalue weighted by Crippen LogP contribution is -2.53. The number of benzene rings is 1. The van der Waals surface area contributed by atoms with Gasteiger partial charge < -0.3 is 5.73 Å². The summed E-state index contributed by atoms with van der Waals surface area (Å²) in [6, 6.07) is 7.21. The summed E-state index contributed by atoms with van der Waals surface area (Å²) in [6.07, 6.45) is 0.564. The van der Waals surface area contributed by atoms with Crippen LogP contribution in [0.2, 0.25) is 0 Å². The van der Waals surface area contributed by atoms with Gasteiger partial charge in [0, 0.05) is 17.6 Å². The van der Waals surface area contributed by atoms with Crippen molar-refractivity contribution < 1.29 is 14.4 Å². The number of hydrazine groups is 1. The Morgan fingerprint density at radius 2 is 1.93 bits per heavy atom. The van der Waals surface area contributed by atoms with E-state index in [-0.39, 0.29) is 18.9 Å². The highest BCUT2D eigenvalue weighted by Crippen LogP contribution is 2.22. The summed E-state index contributed by atoms with van der Waals surface area (Å²) in [4.78, 5) is 41.9. The first-order valence-electron chi connectivity index (χ1n) is 8.51. The van der Waals surface area contributed by atoms with E-state index >= 15 is 0 Å². The number of nitrogens with one attached hydrogen (secondary N) is 2. The van der Waals surface area contributed by atoms with Gasteiger partial charge in [-0.25, -0.2) is 4.98 Å². The third kappa shape index (κ3) is 4.89. The Kier molecular flexibility index (Phi) is 5.82. The largest absolute Gasteiger partial charge is 0.368 e. The number of carbonyl (C=O) groups is 3. The molecule has 27 heavy (non-hydrogen) atoms. The summed E-state index contributed by atoms with van der Waals surface area (Å²) in [7, 11) is 0. The number of nitrogens with zero attached hydrogens (tertiary/aromatic N) is 2. The van der Waals surface area contributed by atoms with Crippen molar-refractivity contribution in [2.75, 3.05) is 6.54 Å². The van der Waals surface area contributed by atoms with Crippen LogP contribution in [0, 0.1) is 6.92 Å². The molecule has 1 aromatic carbocycles. The zero-order valence-electron chi connectivity index (χ0n) is 14.9. The molecule has 0 aliphatic carbocycles. The summed E-state index contributed by atoms with van der Waals surface area (Å²) in [6.45, 7) is 2.26. The number of aromatic nitrogens is 1. The Balaban J connectivity index is 1.54. The molecule has 3 amide bonds. The Labute approximate surface area is 160 Å². The number of rotatable bonds is 5. The van der Waals surface area contributed by atoms with Gasteiger partial charge in [0.2, 0.25) is 11.8 Å². The van der Waals surface area contributed by atoms with Gasteiger partial charge in [0.05, 0.1) is 19.0 Å². The van der Waals surface area contributed by atoms with E-state index in [9.17, 15) is 14.4 Å². The van der Waals surface area contributed by atoms with Crippen LogP contribution in [0.15, 0.2) is 29.6 Å². The maximum atomic E-state index is 12.2. The van der Waals surface area contributed by atoms with Crippen molar-refractivity contribution in [1.82, 2.24) is 20.7 Å². The molecule has 0 spiro atoms. The van der Waals surface area contributed by atoms with Crippen molar-refractivity contribution in [3.8, 4) is 0 Å². The van der Waals surface area contributed by atoms with E-state index in [0.29, 0.717) is 18.0 Å². The van der Waals surface area contributed by atoms with Crippen LogP contribution in [0.25, 0.3) is 0 Å². The van der Waals surface area contributed by atoms with Crippen LogP contribution in [0.5, 0.6) is 0 Å². The predicted molar refractivity (Wildman–Crippen MR) is 100 cm³/mol. The first-order valence-corrected chi connectivity index (χ1v) is 9.39. The minimum Gasteiger partial charge on any atom is -0.368 e. The van der Waals surface area contributed by atoms with E-state index in [2.05, 4.69) is 15.8 Å². The Hall–Kier alpha value is -2.78. The molecular weight excluding hydrogens is 366 g/mol. The average Bonchev–Trinajstić information content (AvgIpc) is 3.04. The second-order valence-corrected chi connectivity index (χ2v) is 7.39. The molecule has 0 fully saturated rings. The zero-order chi connectivity index (χ0) is 19.4. The van der Waals surface area contributed by atoms with Gasteiger partial charge in [0.25, 0.3) is 5.91 Å². The summed E-state index contributed by atoms with van der Waals surface area (Å²) in [5.74, 6) is -1.24. The van der Waals surface area contributed by atoms with Crippen molar-refractivity contribution in [1.29, 1.82) is 0 Å². The fourth-order valence-electron chi connectivity index (χ4n) is 3.05. The molecule has 2 heterocycles. The highest BCUT2D eigenvalue weighted by atomic mass is 32.1. The van der Waals surface area contributed by atoms with Crippen LogP contribution in [0.1, 0.15) is 21.8 Å². The molecule has 4 N–H and O–H groups in total. The monoisotopic (exact) mass is 387 g/mol. The molecule has 1 aromatic heterocycles. The van der Waals surface area contributed by atoms with Gasteiger partial charge in [-0.05, 0) is 24.5 Å². The zero-order valence-corrected chi connectivity index (χ0v) is 15.7. The van der Waals surface area contributed by atoms with E-state index in [4.69, 9.17) is 5.73 Å². The highest BCUT2D eigenvalue weighted by Gasteiger charge is 2.31. The minimum absolute atomic E-state index is 0.0431. The second kappa shape index (κ2) is 8.28. The van der Waals surface area contributed by atoms with E-state index < -0.39 is 17.9 Å². The molecule has 142 valence electrons. The molecule has 0 radical (unpaired) electrons. The van der Waals surface area contributed by atoms with Crippen molar-refractivity contribution in [3.63, 3.8) is 0 Å². The van der Waals surface area contributed by atoms with E-state index in [1.807, 2.05) is 36.6 Å². The average molecular weight is 387 g/mol. The number of thiazole rings is 1. The Bertz CT molecular complexity index is 866. The molecule has 0 bridgehead atoms. The quantitative estimate of drug-likeness (QED) is 0.627. The molecule has 1 atom stereocenters. The molecule has 0 unspecified atom stereocenters. The highest BCUT2D eigenvalue weighted by molar-refractivity contribution is 7.09. The summed E-state index contributed by atoms with van der Waals surface area (Å²) >= 11 is 1.39. The van der Waals surface area contributed by atoms with Gasteiger partial charge in [-0.3, -0.25) is 30.1 Å². The molecule has 2 aromatic rings. The molecule has 0 saturated heterocycles. The molecular formula is C18H21N5O3S. The first kappa shape index (κ1) is 19.0. The maximum absolute atomic E-state index is 12.2. The van der Waals surface area contributed by atoms with Crippen LogP contribution < -0.4 is 16.6 Å². The fraction of sp³-hybridized carbons (Fsp3) is 0.333. The van der Waals surface area contributed by atoms with Crippen molar-refractivity contribution in [2.45, 2.75) is 32.4 Å². The number of amides is 3. The van der Waals surface area contributed by atoms with Crippen LogP contribution in [0.3, 0.4) is 0 Å². The fourth-order valence-corrected chi connectivity index (χ4v) is 3.82. The van der Waals surface area contributed by atoms with Crippen LogP contribution in [-0.4, -0.2) is 40.2 Å². The van der Waals surface area contributed by atoms with Gasteiger partial charge in [-0.15, -0.1) is 11.3 Å². The smallest absolute Gasteiger partial charge is 0.252 e. The molecule has 1 aliphatic heterocycles. The molecule has 1 aliphatic rings. The third-order valence-corrected chi connectivity index (χ3v) is 5.31. The standard InChI is InChI=1S/C18H21N5O3S/c1-11-10-27-17(20-11)7-15(24)21-22-16(25)9-23-8-13-5-3-2-4-12(13)6-14(23)18(19)26/h2-5,10,14H,6-9H2,1H3,(H2,19,26)(H,21,24)(H,22,25)/t14-/m0/s1. The number of nitrogens with two attached hydrogens (primary N) is 1. The molecule has 0 saturated carbocycles. The molecule has 8 nitrogen and oxygen atoms in total. The van der Waals surface area contributed by atoms with Crippen molar-refractivity contribution in [2.24, 2.45) is 5.73 Å².